The molecule has 0 atom stereocenters. The lowest BCUT2D eigenvalue weighted by molar-refractivity contribution is 0.500. The first-order valence-electron chi connectivity index (χ1n) is 4.81. The first-order chi connectivity index (χ1) is 7.31. The molecule has 2 rings (SSSR count). The van der Waals surface area contributed by atoms with Gasteiger partial charge in [-0.15, -0.1) is 10.2 Å². The van der Waals surface area contributed by atoms with Crippen molar-refractivity contribution in [2.45, 2.75) is 13.3 Å². The Labute approximate surface area is 92.3 Å². The highest BCUT2D eigenvalue weighted by molar-refractivity contribution is 7.08. The number of hydrogen-bond acceptors (Lipinski definition) is 5. The number of aromatic nitrogens is 2. The first kappa shape index (κ1) is 10.3. The molecule has 0 radical (unpaired) electrons. The topological polar surface area (TPSA) is 51.0 Å². The molecule has 15 heavy (non-hydrogen) atoms. The van der Waals surface area contributed by atoms with E-state index in [2.05, 4.69) is 20.9 Å². The number of nitrogens with zero attached hydrogens (tertiary/aromatic N) is 2. The molecule has 0 unspecified atom stereocenters. The van der Waals surface area contributed by atoms with E-state index < -0.39 is 0 Å². The van der Waals surface area contributed by atoms with E-state index in [1.165, 1.54) is 5.56 Å². The molecule has 0 bridgehead atoms. The zero-order valence-corrected chi connectivity index (χ0v) is 9.60. The molecule has 0 aromatic carbocycles. The van der Waals surface area contributed by atoms with E-state index in [1.54, 1.807) is 11.3 Å². The van der Waals surface area contributed by atoms with Crippen LogP contribution in [-0.2, 0) is 6.42 Å². The minimum Gasteiger partial charge on any atom is -0.421 e. The third kappa shape index (κ3) is 2.24. The van der Waals surface area contributed by atoms with Crippen molar-refractivity contribution in [3.05, 3.63) is 22.2 Å². The molecule has 5 heteroatoms. The van der Waals surface area contributed by atoms with Gasteiger partial charge in [0.05, 0.1) is 5.56 Å². The fourth-order valence-corrected chi connectivity index (χ4v) is 2.10. The van der Waals surface area contributed by atoms with Gasteiger partial charge in [0.15, 0.2) is 0 Å². The Morgan fingerprint density at radius 2 is 2.27 bits per heavy atom. The van der Waals surface area contributed by atoms with Crippen LogP contribution in [0.1, 0.15) is 11.5 Å². The molecule has 80 valence electrons. The van der Waals surface area contributed by atoms with E-state index in [1.807, 2.05) is 19.4 Å². The van der Waals surface area contributed by atoms with Crippen LogP contribution in [0.25, 0.3) is 11.5 Å². The molecule has 0 aliphatic heterocycles. The monoisotopic (exact) mass is 223 g/mol. The molecule has 2 aromatic rings. The van der Waals surface area contributed by atoms with Crippen molar-refractivity contribution in [3.8, 4) is 11.5 Å². The lowest BCUT2D eigenvalue weighted by atomic mass is 10.2. The Morgan fingerprint density at radius 1 is 1.40 bits per heavy atom. The number of hydrogen-bond donors (Lipinski definition) is 1. The van der Waals surface area contributed by atoms with E-state index in [0.717, 1.165) is 18.5 Å². The molecule has 0 spiro atoms. The van der Waals surface area contributed by atoms with Crippen molar-refractivity contribution in [1.29, 1.82) is 0 Å². The molecule has 4 nitrogen and oxygen atoms in total. The lowest BCUT2D eigenvalue weighted by Crippen LogP contribution is -2.10. The molecule has 0 aliphatic rings. The van der Waals surface area contributed by atoms with E-state index in [0.29, 0.717) is 11.8 Å². The van der Waals surface area contributed by atoms with Crippen LogP contribution in [-0.4, -0.2) is 23.8 Å². The summed E-state index contributed by atoms with van der Waals surface area (Å²) in [6.45, 7) is 2.90. The summed E-state index contributed by atoms with van der Waals surface area (Å²) in [5.41, 5.74) is 2.23. The average molecular weight is 223 g/mol. The van der Waals surface area contributed by atoms with Gasteiger partial charge in [-0.2, -0.15) is 11.3 Å². The van der Waals surface area contributed by atoms with E-state index in [-0.39, 0.29) is 0 Å². The number of thiophene rings is 1. The zero-order valence-electron chi connectivity index (χ0n) is 8.78. The summed E-state index contributed by atoms with van der Waals surface area (Å²) in [6, 6.07) is 0. The van der Waals surface area contributed by atoms with Crippen molar-refractivity contribution >= 4 is 11.3 Å². The van der Waals surface area contributed by atoms with Gasteiger partial charge in [0.2, 0.25) is 11.8 Å². The Hall–Kier alpha value is -1.20. The molecule has 0 fully saturated rings. The van der Waals surface area contributed by atoms with Gasteiger partial charge in [-0.3, -0.25) is 0 Å². The highest BCUT2D eigenvalue weighted by Gasteiger charge is 2.10. The Kier molecular flexibility index (Phi) is 3.13. The van der Waals surface area contributed by atoms with E-state index in [9.17, 15) is 0 Å². The van der Waals surface area contributed by atoms with Crippen LogP contribution >= 0.6 is 11.3 Å². The molecule has 1 N–H and O–H groups in total. The van der Waals surface area contributed by atoms with Crippen LogP contribution < -0.4 is 5.32 Å². The van der Waals surface area contributed by atoms with Crippen LogP contribution in [0.15, 0.2) is 15.2 Å². The third-order valence-electron chi connectivity index (χ3n) is 2.14. The van der Waals surface area contributed by atoms with Gasteiger partial charge in [0.25, 0.3) is 0 Å². The summed E-state index contributed by atoms with van der Waals surface area (Å²) >= 11 is 1.65. The predicted octanol–water partition coefficient (Wildman–Crippen LogP) is 1.87. The Balaban J connectivity index is 2.17. The lowest BCUT2D eigenvalue weighted by Gasteiger charge is -1.93. The number of aryl methyl sites for hydroxylation is 1. The van der Waals surface area contributed by atoms with Crippen LogP contribution in [0.5, 0.6) is 0 Å². The SMILES string of the molecule is CNCCc1nnc(-c2cscc2C)o1. The third-order valence-corrected chi connectivity index (χ3v) is 3.00. The fourth-order valence-electron chi connectivity index (χ4n) is 1.28. The molecule has 0 aliphatic carbocycles. The van der Waals surface area contributed by atoms with Crippen LogP contribution in [0.4, 0.5) is 0 Å². The van der Waals surface area contributed by atoms with E-state index >= 15 is 0 Å². The van der Waals surface area contributed by atoms with Gasteiger partial charge in [0, 0.05) is 18.3 Å². The zero-order chi connectivity index (χ0) is 10.7. The minimum absolute atomic E-state index is 0.625. The van der Waals surface area contributed by atoms with Gasteiger partial charge < -0.3 is 9.73 Å². The first-order valence-corrected chi connectivity index (χ1v) is 5.75. The van der Waals surface area contributed by atoms with Gasteiger partial charge in [-0.25, -0.2) is 0 Å². The van der Waals surface area contributed by atoms with Crippen molar-refractivity contribution in [3.63, 3.8) is 0 Å². The summed E-state index contributed by atoms with van der Waals surface area (Å²) < 4.78 is 5.56. The van der Waals surface area contributed by atoms with E-state index in [4.69, 9.17) is 4.42 Å². The maximum atomic E-state index is 5.56. The normalized spacial score (nSPS) is 10.8. The molecule has 0 saturated carbocycles. The minimum atomic E-state index is 0.625. The van der Waals surface area contributed by atoms with Crippen molar-refractivity contribution in [1.82, 2.24) is 15.5 Å². The predicted molar refractivity (Wildman–Crippen MR) is 60.0 cm³/mol. The maximum Gasteiger partial charge on any atom is 0.248 e. The van der Waals surface area contributed by atoms with Crippen LogP contribution in [0.3, 0.4) is 0 Å². The van der Waals surface area contributed by atoms with Crippen molar-refractivity contribution in [2.24, 2.45) is 0 Å². The van der Waals surface area contributed by atoms with Crippen LogP contribution in [0.2, 0.25) is 0 Å². The van der Waals surface area contributed by atoms with Gasteiger partial charge >= 0.3 is 0 Å². The summed E-state index contributed by atoms with van der Waals surface area (Å²) in [5, 5.41) is 15.2. The fraction of sp³-hybridized carbons (Fsp3) is 0.400. The standard InChI is InChI=1S/C10H13N3OS/c1-7-5-15-6-8(7)10-13-12-9(14-10)3-4-11-2/h5-6,11H,3-4H2,1-2H3. The van der Waals surface area contributed by atoms with Crippen molar-refractivity contribution < 1.29 is 4.42 Å². The number of rotatable bonds is 4. The van der Waals surface area contributed by atoms with Crippen molar-refractivity contribution in [2.75, 3.05) is 13.6 Å². The quantitative estimate of drug-likeness (QED) is 0.859. The summed E-state index contributed by atoms with van der Waals surface area (Å²) in [6.07, 6.45) is 0.771. The maximum absolute atomic E-state index is 5.56. The summed E-state index contributed by atoms with van der Waals surface area (Å²) in [5.74, 6) is 1.31. The largest absolute Gasteiger partial charge is 0.421 e. The van der Waals surface area contributed by atoms with Gasteiger partial charge in [0.1, 0.15) is 0 Å². The number of nitrogens with one attached hydrogen (secondary N) is 1. The second-order valence-electron chi connectivity index (χ2n) is 3.32. The molecule has 2 heterocycles. The number of likely N-dealkylation sites (N-methyl/N-ethyl adjacent to an activating group) is 1. The molecular formula is C10H13N3OS. The Morgan fingerprint density at radius 3 is 2.93 bits per heavy atom. The summed E-state index contributed by atoms with van der Waals surface area (Å²) in [7, 11) is 1.90. The molecule has 2 aromatic heterocycles. The van der Waals surface area contributed by atoms with Gasteiger partial charge in [-0.1, -0.05) is 0 Å². The Bertz CT molecular complexity index is 435. The second kappa shape index (κ2) is 4.55. The van der Waals surface area contributed by atoms with Gasteiger partial charge in [-0.05, 0) is 24.9 Å². The molecule has 0 amide bonds. The van der Waals surface area contributed by atoms with Crippen LogP contribution in [0, 0.1) is 6.92 Å². The molecular weight excluding hydrogens is 210 g/mol. The second-order valence-corrected chi connectivity index (χ2v) is 4.07. The average Bonchev–Trinajstić information content (AvgIpc) is 2.83. The smallest absolute Gasteiger partial charge is 0.248 e. The highest BCUT2D eigenvalue weighted by atomic mass is 32.1. The summed E-state index contributed by atoms with van der Waals surface area (Å²) in [4.78, 5) is 0. The molecule has 0 saturated heterocycles. The highest BCUT2D eigenvalue weighted by Crippen LogP contribution is 2.25.